The normalized spacial score (nSPS) is 23.4. The average Bonchev–Trinajstić information content (AvgIpc) is 3.55. The molecule has 1 aliphatic carbocycles. The molecule has 3 fully saturated rings. The van der Waals surface area contributed by atoms with Gasteiger partial charge in [-0.1, -0.05) is 18.2 Å². The fourth-order valence-corrected chi connectivity index (χ4v) is 5.01. The van der Waals surface area contributed by atoms with Crippen LogP contribution < -0.4 is 4.74 Å². The number of amides is 2. The third-order valence-corrected chi connectivity index (χ3v) is 6.84. The Labute approximate surface area is 182 Å². The van der Waals surface area contributed by atoms with E-state index in [-0.39, 0.29) is 17.9 Å². The number of H-pyrrole nitrogens is 1. The highest BCUT2D eigenvalue weighted by atomic mass is 16.5. The highest BCUT2D eigenvalue weighted by Crippen LogP contribution is 2.39. The number of ether oxygens (including phenoxy) is 1. The molecule has 2 aromatic rings. The number of aromatic nitrogens is 2. The Bertz CT molecular complexity index is 924. The Morgan fingerprint density at radius 3 is 2.74 bits per heavy atom. The van der Waals surface area contributed by atoms with Gasteiger partial charge in [0.15, 0.2) is 0 Å². The summed E-state index contributed by atoms with van der Waals surface area (Å²) in [5.41, 5.74) is 1.63. The first kappa shape index (κ1) is 20.1. The summed E-state index contributed by atoms with van der Waals surface area (Å²) in [7, 11) is 0. The van der Waals surface area contributed by atoms with Crippen molar-refractivity contribution in [2.24, 2.45) is 5.92 Å². The van der Waals surface area contributed by atoms with Crippen LogP contribution in [0.5, 0.6) is 5.75 Å². The van der Waals surface area contributed by atoms with Crippen LogP contribution >= 0.6 is 0 Å². The van der Waals surface area contributed by atoms with Crippen LogP contribution in [-0.4, -0.2) is 64.1 Å². The zero-order chi connectivity index (χ0) is 21.2. The number of para-hydroxylation sites is 1. The van der Waals surface area contributed by atoms with Gasteiger partial charge in [0, 0.05) is 37.3 Å². The van der Waals surface area contributed by atoms with Crippen LogP contribution in [0, 0.1) is 5.92 Å². The molecule has 0 unspecified atom stereocenters. The van der Waals surface area contributed by atoms with E-state index in [2.05, 4.69) is 10.2 Å². The van der Waals surface area contributed by atoms with Gasteiger partial charge in [0.1, 0.15) is 11.4 Å². The number of hydrogen-bond donors (Lipinski definition) is 1. The number of aromatic amines is 1. The first-order chi connectivity index (χ1) is 15.2. The minimum Gasteiger partial charge on any atom is -0.493 e. The Morgan fingerprint density at radius 1 is 1.10 bits per heavy atom. The summed E-state index contributed by atoms with van der Waals surface area (Å²) in [6, 6.07) is 11.7. The lowest BCUT2D eigenvalue weighted by molar-refractivity contribution is -0.135. The molecule has 1 saturated carbocycles. The number of likely N-dealkylation sites (tertiary alicyclic amines) is 2. The molecule has 1 aromatic heterocycles. The number of fused-ring (bicyclic) bond motifs is 1. The lowest BCUT2D eigenvalue weighted by Crippen LogP contribution is -2.56. The smallest absolute Gasteiger partial charge is 0.274 e. The minimum absolute atomic E-state index is 0.0360. The van der Waals surface area contributed by atoms with E-state index in [0.29, 0.717) is 37.1 Å². The van der Waals surface area contributed by atoms with Crippen LogP contribution in [0.15, 0.2) is 36.4 Å². The number of benzene rings is 1. The lowest BCUT2D eigenvalue weighted by atomic mass is 9.83. The van der Waals surface area contributed by atoms with Crippen molar-refractivity contribution in [1.82, 2.24) is 20.0 Å². The Balaban J connectivity index is 1.15. The summed E-state index contributed by atoms with van der Waals surface area (Å²) in [6.45, 7) is 2.60. The van der Waals surface area contributed by atoms with Crippen LogP contribution in [0.3, 0.4) is 0 Å². The first-order valence-corrected chi connectivity index (χ1v) is 11.5. The largest absolute Gasteiger partial charge is 0.493 e. The van der Waals surface area contributed by atoms with Gasteiger partial charge in [0.25, 0.3) is 5.91 Å². The summed E-state index contributed by atoms with van der Waals surface area (Å²) in [5.74, 6) is 1.86. The van der Waals surface area contributed by atoms with Gasteiger partial charge in [-0.25, -0.2) is 0 Å². The van der Waals surface area contributed by atoms with Crippen molar-refractivity contribution < 1.29 is 14.3 Å². The molecule has 7 heteroatoms. The van der Waals surface area contributed by atoms with Gasteiger partial charge in [0.2, 0.25) is 5.91 Å². The SMILES string of the molecule is O=C(CCOc1ccccc1)N1CC[C@H]2[C@H](CCCN2C(=O)c2cc(C3CC3)[nH]n2)C1. The van der Waals surface area contributed by atoms with Gasteiger partial charge in [-0.2, -0.15) is 5.10 Å². The molecule has 3 aliphatic rings. The predicted octanol–water partition coefficient (Wildman–Crippen LogP) is 3.21. The Kier molecular flexibility index (Phi) is 5.66. The van der Waals surface area contributed by atoms with Crippen LogP contribution in [0.1, 0.15) is 60.6 Å². The van der Waals surface area contributed by atoms with E-state index in [4.69, 9.17) is 4.74 Å². The van der Waals surface area contributed by atoms with E-state index in [0.717, 1.165) is 43.8 Å². The lowest BCUT2D eigenvalue weighted by Gasteiger charge is -2.47. The van der Waals surface area contributed by atoms with Crippen molar-refractivity contribution in [3.63, 3.8) is 0 Å². The standard InChI is InChI=1S/C24H30N4O3/c29-23(11-14-31-19-6-2-1-3-7-19)27-13-10-22-18(16-27)5-4-12-28(22)24(30)21-15-20(25-26-21)17-8-9-17/h1-3,6-7,15,17-18,22H,4-5,8-14,16H2,(H,25,26)/t18-,22+/m1/s1. The number of nitrogens with zero attached hydrogens (tertiary/aromatic N) is 3. The maximum absolute atomic E-state index is 13.1. The maximum Gasteiger partial charge on any atom is 0.274 e. The van der Waals surface area contributed by atoms with E-state index in [1.807, 2.05) is 46.2 Å². The molecule has 2 saturated heterocycles. The molecule has 0 radical (unpaired) electrons. The van der Waals surface area contributed by atoms with E-state index in [1.165, 1.54) is 12.8 Å². The molecule has 0 spiro atoms. The zero-order valence-corrected chi connectivity index (χ0v) is 17.8. The van der Waals surface area contributed by atoms with Crippen molar-refractivity contribution in [1.29, 1.82) is 0 Å². The molecular weight excluding hydrogens is 392 g/mol. The van der Waals surface area contributed by atoms with Crippen molar-refractivity contribution in [2.45, 2.75) is 50.5 Å². The fourth-order valence-electron chi connectivity index (χ4n) is 5.01. The summed E-state index contributed by atoms with van der Waals surface area (Å²) in [6.07, 6.45) is 5.63. The van der Waals surface area contributed by atoms with E-state index >= 15 is 0 Å². The van der Waals surface area contributed by atoms with Gasteiger partial charge in [-0.05, 0) is 56.2 Å². The van der Waals surface area contributed by atoms with Crippen LogP contribution in [0.4, 0.5) is 0 Å². The number of carbonyl (C=O) groups excluding carboxylic acids is 2. The molecule has 5 rings (SSSR count). The Hall–Kier alpha value is -2.83. The molecular formula is C24H30N4O3. The number of rotatable bonds is 6. The van der Waals surface area contributed by atoms with Crippen molar-refractivity contribution in [3.8, 4) is 5.75 Å². The number of piperidine rings is 2. The minimum atomic E-state index is 0.0360. The van der Waals surface area contributed by atoms with Crippen LogP contribution in [0.2, 0.25) is 0 Å². The summed E-state index contributed by atoms with van der Waals surface area (Å²) < 4.78 is 5.68. The van der Waals surface area contributed by atoms with Crippen LogP contribution in [-0.2, 0) is 4.79 Å². The fraction of sp³-hybridized carbons (Fsp3) is 0.542. The molecule has 2 atom stereocenters. The zero-order valence-electron chi connectivity index (χ0n) is 17.8. The predicted molar refractivity (Wildman–Crippen MR) is 116 cm³/mol. The van der Waals surface area contributed by atoms with Gasteiger partial charge < -0.3 is 14.5 Å². The molecule has 0 bridgehead atoms. The van der Waals surface area contributed by atoms with Crippen LogP contribution in [0.25, 0.3) is 0 Å². The second-order valence-corrected chi connectivity index (χ2v) is 8.99. The van der Waals surface area contributed by atoms with Crippen molar-refractivity contribution >= 4 is 11.8 Å². The average molecular weight is 423 g/mol. The van der Waals surface area contributed by atoms with E-state index in [1.54, 1.807) is 0 Å². The molecule has 2 aliphatic heterocycles. The summed E-state index contributed by atoms with van der Waals surface area (Å²) >= 11 is 0. The van der Waals surface area contributed by atoms with Crippen molar-refractivity contribution in [3.05, 3.63) is 47.8 Å². The number of nitrogens with one attached hydrogen (secondary N) is 1. The Morgan fingerprint density at radius 2 is 1.94 bits per heavy atom. The number of carbonyl (C=O) groups is 2. The van der Waals surface area contributed by atoms with Gasteiger partial charge in [-0.3, -0.25) is 14.7 Å². The second-order valence-electron chi connectivity index (χ2n) is 8.99. The molecule has 7 nitrogen and oxygen atoms in total. The summed E-state index contributed by atoms with van der Waals surface area (Å²) in [5, 5.41) is 7.35. The molecule has 1 aromatic carbocycles. The van der Waals surface area contributed by atoms with E-state index in [9.17, 15) is 9.59 Å². The second kappa shape index (κ2) is 8.73. The summed E-state index contributed by atoms with van der Waals surface area (Å²) in [4.78, 5) is 29.8. The van der Waals surface area contributed by atoms with Crippen molar-refractivity contribution in [2.75, 3.05) is 26.2 Å². The molecule has 2 amide bonds. The quantitative estimate of drug-likeness (QED) is 0.775. The molecule has 31 heavy (non-hydrogen) atoms. The third kappa shape index (κ3) is 4.45. The maximum atomic E-state index is 13.1. The van der Waals surface area contributed by atoms with Gasteiger partial charge in [-0.15, -0.1) is 0 Å². The topological polar surface area (TPSA) is 78.5 Å². The monoisotopic (exact) mass is 422 g/mol. The molecule has 164 valence electrons. The number of hydrogen-bond acceptors (Lipinski definition) is 4. The first-order valence-electron chi connectivity index (χ1n) is 11.5. The van der Waals surface area contributed by atoms with E-state index < -0.39 is 0 Å². The van der Waals surface area contributed by atoms with Gasteiger partial charge >= 0.3 is 0 Å². The molecule has 3 heterocycles. The third-order valence-electron chi connectivity index (χ3n) is 6.84. The highest BCUT2D eigenvalue weighted by Gasteiger charge is 2.40. The molecule has 1 N–H and O–H groups in total. The highest BCUT2D eigenvalue weighted by molar-refractivity contribution is 5.92. The van der Waals surface area contributed by atoms with Gasteiger partial charge in [0.05, 0.1) is 13.0 Å².